The zero-order chi connectivity index (χ0) is 11.7. The molecule has 0 spiro atoms. The Hall–Kier alpha value is -1.62. The summed E-state index contributed by atoms with van der Waals surface area (Å²) in [6, 6.07) is 4.42. The fourth-order valence-corrected chi connectivity index (χ4v) is 2.02. The van der Waals surface area contributed by atoms with Gasteiger partial charge in [0.05, 0.1) is 4.92 Å². The van der Waals surface area contributed by atoms with Gasteiger partial charge in [0.15, 0.2) is 0 Å². The lowest BCUT2D eigenvalue weighted by molar-refractivity contribution is -0.385. The Balaban J connectivity index is 2.41. The fourth-order valence-electron chi connectivity index (χ4n) is 1.84. The number of nitrogens with zero attached hydrogens (tertiary/aromatic N) is 1. The minimum absolute atomic E-state index is 0.0194. The summed E-state index contributed by atoms with van der Waals surface area (Å²) in [6.07, 6.45) is 0.279. The van der Waals surface area contributed by atoms with Crippen molar-refractivity contribution in [2.45, 2.75) is 12.3 Å². The molecule has 0 aromatic heterocycles. The van der Waals surface area contributed by atoms with E-state index < -0.39 is 4.92 Å². The van der Waals surface area contributed by atoms with Gasteiger partial charge in [-0.05, 0) is 12.1 Å². The van der Waals surface area contributed by atoms with Crippen LogP contribution in [0.2, 0.25) is 5.02 Å². The molecule has 84 valence electrons. The molecule has 0 saturated carbocycles. The molecular formula is C10H9ClN2O3. The molecule has 1 unspecified atom stereocenters. The quantitative estimate of drug-likeness (QED) is 0.633. The highest BCUT2D eigenvalue weighted by Crippen LogP contribution is 2.32. The van der Waals surface area contributed by atoms with E-state index in [2.05, 4.69) is 5.32 Å². The predicted molar refractivity (Wildman–Crippen MR) is 58.5 cm³/mol. The molecule has 1 fully saturated rings. The van der Waals surface area contributed by atoms with Gasteiger partial charge in [-0.1, -0.05) is 11.6 Å². The maximum absolute atomic E-state index is 11.1. The van der Waals surface area contributed by atoms with Gasteiger partial charge >= 0.3 is 0 Å². The first-order valence-corrected chi connectivity index (χ1v) is 5.16. The summed E-state index contributed by atoms with van der Waals surface area (Å²) in [5.74, 6) is -0.245. The third kappa shape index (κ3) is 1.99. The van der Waals surface area contributed by atoms with Crippen LogP contribution in [0, 0.1) is 10.1 Å². The fraction of sp³-hybridized carbons (Fsp3) is 0.300. The lowest BCUT2D eigenvalue weighted by Gasteiger charge is -2.08. The first-order chi connectivity index (χ1) is 7.58. The molecular weight excluding hydrogens is 232 g/mol. The maximum atomic E-state index is 11.1. The van der Waals surface area contributed by atoms with Crippen molar-refractivity contribution in [1.29, 1.82) is 0 Å². The molecule has 1 saturated heterocycles. The molecule has 1 heterocycles. The Bertz CT molecular complexity index is 461. The molecule has 0 radical (unpaired) electrons. The average Bonchev–Trinajstić information content (AvgIpc) is 2.64. The van der Waals surface area contributed by atoms with Crippen molar-refractivity contribution >= 4 is 23.2 Å². The van der Waals surface area contributed by atoms with Crippen LogP contribution in [0.1, 0.15) is 17.9 Å². The van der Waals surface area contributed by atoms with E-state index in [0.29, 0.717) is 17.1 Å². The largest absolute Gasteiger partial charge is 0.355 e. The number of hydrogen-bond donors (Lipinski definition) is 1. The van der Waals surface area contributed by atoms with Gasteiger partial charge in [-0.2, -0.15) is 0 Å². The summed E-state index contributed by atoms with van der Waals surface area (Å²) in [6.45, 7) is 0.431. The van der Waals surface area contributed by atoms with E-state index in [4.69, 9.17) is 11.6 Å². The summed E-state index contributed by atoms with van der Waals surface area (Å²) < 4.78 is 0. The predicted octanol–water partition coefficient (Wildman–Crippen LogP) is 1.85. The minimum Gasteiger partial charge on any atom is -0.355 e. The Morgan fingerprint density at radius 3 is 2.81 bits per heavy atom. The summed E-state index contributed by atoms with van der Waals surface area (Å²) in [7, 11) is 0. The van der Waals surface area contributed by atoms with Crippen molar-refractivity contribution in [1.82, 2.24) is 5.32 Å². The smallest absolute Gasteiger partial charge is 0.273 e. The van der Waals surface area contributed by atoms with E-state index in [1.807, 2.05) is 0 Å². The van der Waals surface area contributed by atoms with E-state index in [-0.39, 0.29) is 23.9 Å². The molecule has 1 aliphatic rings. The molecule has 1 atom stereocenters. The second-order valence-electron chi connectivity index (χ2n) is 3.67. The number of amides is 1. The number of nitro groups is 1. The lowest BCUT2D eigenvalue weighted by Crippen LogP contribution is -2.13. The topological polar surface area (TPSA) is 72.2 Å². The monoisotopic (exact) mass is 240 g/mol. The molecule has 6 heteroatoms. The Morgan fingerprint density at radius 2 is 2.25 bits per heavy atom. The van der Waals surface area contributed by atoms with Gasteiger partial charge in [-0.15, -0.1) is 0 Å². The second kappa shape index (κ2) is 4.09. The van der Waals surface area contributed by atoms with Gasteiger partial charge in [0.2, 0.25) is 5.91 Å². The van der Waals surface area contributed by atoms with Crippen LogP contribution < -0.4 is 5.32 Å². The molecule has 5 nitrogen and oxygen atoms in total. The van der Waals surface area contributed by atoms with E-state index in [1.165, 1.54) is 12.1 Å². The van der Waals surface area contributed by atoms with Crippen LogP contribution in [0.4, 0.5) is 5.69 Å². The van der Waals surface area contributed by atoms with E-state index >= 15 is 0 Å². The molecule has 1 aromatic rings. The van der Waals surface area contributed by atoms with Crippen LogP contribution in [-0.4, -0.2) is 17.4 Å². The van der Waals surface area contributed by atoms with Gasteiger partial charge in [0.1, 0.15) is 0 Å². The number of hydrogen-bond acceptors (Lipinski definition) is 3. The molecule has 1 N–H and O–H groups in total. The van der Waals surface area contributed by atoms with Gasteiger partial charge < -0.3 is 5.32 Å². The Labute approximate surface area is 96.6 Å². The number of benzene rings is 1. The SMILES string of the molecule is O=C1CC(c2cc(Cl)ccc2[N+](=O)[O-])CN1. The van der Waals surface area contributed by atoms with Crippen LogP contribution in [0.15, 0.2) is 18.2 Å². The van der Waals surface area contributed by atoms with Crippen molar-refractivity contribution < 1.29 is 9.72 Å². The van der Waals surface area contributed by atoms with Crippen molar-refractivity contribution in [2.24, 2.45) is 0 Å². The highest BCUT2D eigenvalue weighted by atomic mass is 35.5. The highest BCUT2D eigenvalue weighted by Gasteiger charge is 2.29. The van der Waals surface area contributed by atoms with Crippen LogP contribution in [0.3, 0.4) is 0 Å². The van der Waals surface area contributed by atoms with Crippen molar-refractivity contribution in [2.75, 3.05) is 6.54 Å². The second-order valence-corrected chi connectivity index (χ2v) is 4.10. The van der Waals surface area contributed by atoms with Crippen molar-refractivity contribution in [3.63, 3.8) is 0 Å². The third-order valence-corrected chi connectivity index (χ3v) is 2.84. The standard InChI is InChI=1S/C10H9ClN2O3/c11-7-1-2-9(13(15)16)8(4-7)6-3-10(14)12-5-6/h1-2,4,6H,3,5H2,(H,12,14). The molecule has 1 aromatic carbocycles. The number of nitro benzene ring substituents is 1. The molecule has 1 aliphatic heterocycles. The molecule has 16 heavy (non-hydrogen) atoms. The van der Waals surface area contributed by atoms with Gasteiger partial charge in [-0.3, -0.25) is 14.9 Å². The zero-order valence-corrected chi connectivity index (χ0v) is 9.03. The number of halogens is 1. The molecule has 2 rings (SSSR count). The van der Waals surface area contributed by atoms with Crippen molar-refractivity contribution in [3.05, 3.63) is 38.9 Å². The number of carbonyl (C=O) groups is 1. The molecule has 1 amide bonds. The number of nitrogens with one attached hydrogen (secondary N) is 1. The maximum Gasteiger partial charge on any atom is 0.273 e. The first-order valence-electron chi connectivity index (χ1n) is 4.78. The van der Waals surface area contributed by atoms with Crippen LogP contribution in [0.25, 0.3) is 0 Å². The highest BCUT2D eigenvalue weighted by molar-refractivity contribution is 6.30. The lowest BCUT2D eigenvalue weighted by atomic mass is 9.96. The average molecular weight is 241 g/mol. The van der Waals surface area contributed by atoms with E-state index in [1.54, 1.807) is 6.07 Å². The summed E-state index contributed by atoms with van der Waals surface area (Å²) in [5.41, 5.74) is 0.543. The first kappa shape index (κ1) is 10.9. The van der Waals surface area contributed by atoms with Crippen LogP contribution in [0.5, 0.6) is 0 Å². The Kier molecular flexibility index (Phi) is 2.78. The summed E-state index contributed by atoms with van der Waals surface area (Å²) in [4.78, 5) is 21.5. The third-order valence-electron chi connectivity index (χ3n) is 2.60. The Morgan fingerprint density at radius 1 is 1.50 bits per heavy atom. The summed E-state index contributed by atoms with van der Waals surface area (Å²) >= 11 is 5.81. The number of rotatable bonds is 2. The minimum atomic E-state index is -0.450. The molecule has 0 aliphatic carbocycles. The van der Waals surface area contributed by atoms with Gasteiger partial charge in [-0.25, -0.2) is 0 Å². The number of carbonyl (C=O) groups excluding carboxylic acids is 1. The van der Waals surface area contributed by atoms with E-state index in [0.717, 1.165) is 0 Å². The normalized spacial score (nSPS) is 19.6. The van der Waals surface area contributed by atoms with Crippen LogP contribution >= 0.6 is 11.6 Å². The van der Waals surface area contributed by atoms with Crippen LogP contribution in [-0.2, 0) is 4.79 Å². The van der Waals surface area contributed by atoms with Gasteiger partial charge in [0.25, 0.3) is 5.69 Å². The van der Waals surface area contributed by atoms with E-state index in [9.17, 15) is 14.9 Å². The van der Waals surface area contributed by atoms with Crippen molar-refractivity contribution in [3.8, 4) is 0 Å². The van der Waals surface area contributed by atoms with Gasteiger partial charge in [0, 0.05) is 35.5 Å². The zero-order valence-electron chi connectivity index (χ0n) is 8.27. The summed E-state index contributed by atoms with van der Waals surface area (Å²) in [5, 5.41) is 13.9. The molecule has 0 bridgehead atoms.